The molecule has 0 amide bonds. The van der Waals surface area contributed by atoms with E-state index >= 15 is 0 Å². The predicted molar refractivity (Wildman–Crippen MR) is 45.3 cm³/mol. The first-order valence-electron chi connectivity index (χ1n) is 3.86. The van der Waals surface area contributed by atoms with E-state index in [2.05, 4.69) is 9.72 Å². The minimum Gasteiger partial charge on any atom is -0.464 e. The molecule has 0 fully saturated rings. The van der Waals surface area contributed by atoms with Crippen molar-refractivity contribution >= 4 is 12.3 Å². The number of ether oxygens (including phenoxy) is 1. The molecular formula is C9H8FNO3. The first kappa shape index (κ1) is 10.3. The Kier molecular flexibility index (Phi) is 3.28. The maximum atomic E-state index is 13.1. The second kappa shape index (κ2) is 4.45. The molecule has 0 saturated carbocycles. The van der Waals surface area contributed by atoms with Crippen molar-refractivity contribution in [2.75, 3.05) is 7.11 Å². The van der Waals surface area contributed by atoms with Crippen LogP contribution >= 0.6 is 0 Å². The summed E-state index contributed by atoms with van der Waals surface area (Å²) < 4.78 is 17.4. The number of carbonyl (C=O) groups excluding carboxylic acids is 2. The fourth-order valence-electron chi connectivity index (χ4n) is 0.923. The summed E-state index contributed by atoms with van der Waals surface area (Å²) in [5.41, 5.74) is 0.0484. The average Bonchev–Trinajstić information content (AvgIpc) is 2.20. The van der Waals surface area contributed by atoms with Crippen molar-refractivity contribution in [2.45, 2.75) is 6.42 Å². The molecule has 0 N–H and O–H groups in total. The van der Waals surface area contributed by atoms with Crippen LogP contribution in [0, 0.1) is 5.95 Å². The van der Waals surface area contributed by atoms with Gasteiger partial charge in [0.2, 0.25) is 5.95 Å². The summed E-state index contributed by atoms with van der Waals surface area (Å²) in [6.07, 6.45) is 0.512. The predicted octanol–water partition coefficient (Wildman–Crippen LogP) is 0.749. The van der Waals surface area contributed by atoms with E-state index in [1.807, 2.05) is 0 Å². The van der Waals surface area contributed by atoms with E-state index in [-0.39, 0.29) is 17.7 Å². The lowest BCUT2D eigenvalue weighted by atomic mass is 10.2. The molecular weight excluding hydrogens is 189 g/mol. The van der Waals surface area contributed by atoms with Gasteiger partial charge in [0.25, 0.3) is 0 Å². The summed E-state index contributed by atoms with van der Waals surface area (Å²) in [6, 6.07) is 2.65. The van der Waals surface area contributed by atoms with Crippen molar-refractivity contribution in [2.24, 2.45) is 0 Å². The average molecular weight is 197 g/mol. The number of hydrogen-bond donors (Lipinski definition) is 0. The highest BCUT2D eigenvalue weighted by Gasteiger charge is 2.10. The van der Waals surface area contributed by atoms with Gasteiger partial charge in [-0.1, -0.05) is 6.07 Å². The topological polar surface area (TPSA) is 56.3 Å². The molecule has 1 aromatic rings. The highest BCUT2D eigenvalue weighted by Crippen LogP contribution is 2.07. The summed E-state index contributed by atoms with van der Waals surface area (Å²) in [7, 11) is 1.18. The summed E-state index contributed by atoms with van der Waals surface area (Å²) in [5, 5.41) is 0. The van der Waals surface area contributed by atoms with Crippen LogP contribution in [0.15, 0.2) is 12.1 Å². The van der Waals surface area contributed by atoms with Crippen molar-refractivity contribution in [3.63, 3.8) is 0 Å². The molecule has 4 nitrogen and oxygen atoms in total. The Morgan fingerprint density at radius 3 is 2.86 bits per heavy atom. The molecule has 0 aromatic carbocycles. The van der Waals surface area contributed by atoms with Gasteiger partial charge in [0.15, 0.2) is 5.69 Å². The molecule has 0 unspecified atom stereocenters. The van der Waals surface area contributed by atoms with Gasteiger partial charge in [-0.05, 0) is 6.07 Å². The molecule has 0 bridgehead atoms. The molecule has 14 heavy (non-hydrogen) atoms. The largest absolute Gasteiger partial charge is 0.464 e. The lowest BCUT2D eigenvalue weighted by Gasteiger charge is -2.00. The minimum atomic E-state index is -0.819. The number of esters is 1. The zero-order chi connectivity index (χ0) is 10.6. The fourth-order valence-corrected chi connectivity index (χ4v) is 0.923. The van der Waals surface area contributed by atoms with Crippen LogP contribution in [0.5, 0.6) is 0 Å². The number of carbonyl (C=O) groups is 2. The van der Waals surface area contributed by atoms with Gasteiger partial charge in [-0.2, -0.15) is 4.39 Å². The molecule has 0 spiro atoms. The number of nitrogens with zero attached hydrogens (tertiary/aromatic N) is 1. The molecule has 0 atom stereocenters. The van der Waals surface area contributed by atoms with E-state index < -0.39 is 11.9 Å². The summed E-state index contributed by atoms with van der Waals surface area (Å²) in [4.78, 5) is 24.4. The van der Waals surface area contributed by atoms with Crippen molar-refractivity contribution in [1.82, 2.24) is 4.98 Å². The third kappa shape index (κ3) is 2.12. The first-order valence-corrected chi connectivity index (χ1v) is 3.86. The zero-order valence-electron chi connectivity index (χ0n) is 7.49. The monoisotopic (exact) mass is 197 g/mol. The van der Waals surface area contributed by atoms with Crippen LogP contribution in [0.1, 0.15) is 16.1 Å². The third-order valence-electron chi connectivity index (χ3n) is 1.62. The van der Waals surface area contributed by atoms with Gasteiger partial charge in [0, 0.05) is 12.0 Å². The molecule has 0 aliphatic heterocycles. The van der Waals surface area contributed by atoms with Crippen molar-refractivity contribution in [3.05, 3.63) is 29.3 Å². The number of hydrogen-bond acceptors (Lipinski definition) is 4. The molecule has 0 radical (unpaired) electrons. The Balaban J connectivity index is 2.99. The second-order valence-electron chi connectivity index (χ2n) is 2.51. The van der Waals surface area contributed by atoms with Gasteiger partial charge >= 0.3 is 5.97 Å². The Morgan fingerprint density at radius 1 is 1.64 bits per heavy atom. The lowest BCUT2D eigenvalue weighted by Crippen LogP contribution is -2.07. The van der Waals surface area contributed by atoms with Crippen LogP contribution in [-0.2, 0) is 16.0 Å². The van der Waals surface area contributed by atoms with E-state index in [9.17, 15) is 14.0 Å². The van der Waals surface area contributed by atoms with Crippen molar-refractivity contribution < 1.29 is 18.7 Å². The molecule has 5 heteroatoms. The van der Waals surface area contributed by atoms with Gasteiger partial charge in [0.05, 0.1) is 7.11 Å². The van der Waals surface area contributed by atoms with Crippen molar-refractivity contribution in [1.29, 1.82) is 0 Å². The SMILES string of the molecule is COC(=O)c1ccc(CC=O)c(F)n1. The van der Waals surface area contributed by atoms with E-state index in [0.29, 0.717) is 6.29 Å². The lowest BCUT2D eigenvalue weighted by molar-refractivity contribution is -0.107. The number of aldehydes is 1. The molecule has 1 heterocycles. The van der Waals surface area contributed by atoms with E-state index in [4.69, 9.17) is 0 Å². The Morgan fingerprint density at radius 2 is 2.36 bits per heavy atom. The Hall–Kier alpha value is -1.78. The number of pyridine rings is 1. The second-order valence-corrected chi connectivity index (χ2v) is 2.51. The number of methoxy groups -OCH3 is 1. The van der Waals surface area contributed by atoms with Crippen molar-refractivity contribution in [3.8, 4) is 0 Å². The van der Waals surface area contributed by atoms with Crippen LogP contribution < -0.4 is 0 Å². The molecule has 74 valence electrons. The number of halogens is 1. The summed E-state index contributed by atoms with van der Waals surface area (Å²) in [6.45, 7) is 0. The molecule has 0 aliphatic carbocycles. The van der Waals surface area contributed by atoms with Gasteiger partial charge < -0.3 is 9.53 Å². The normalized spacial score (nSPS) is 9.57. The number of rotatable bonds is 3. The van der Waals surface area contributed by atoms with Gasteiger partial charge in [-0.25, -0.2) is 9.78 Å². The molecule has 0 saturated heterocycles. The molecule has 0 aliphatic rings. The number of aromatic nitrogens is 1. The smallest absolute Gasteiger partial charge is 0.356 e. The first-order chi connectivity index (χ1) is 6.69. The highest BCUT2D eigenvalue weighted by atomic mass is 19.1. The standard InChI is InChI=1S/C9H8FNO3/c1-14-9(13)7-3-2-6(4-5-12)8(10)11-7/h2-3,5H,4H2,1H3. The summed E-state index contributed by atoms with van der Waals surface area (Å²) >= 11 is 0. The Labute approximate surface area is 79.7 Å². The molecule has 1 aromatic heterocycles. The maximum Gasteiger partial charge on any atom is 0.356 e. The van der Waals surface area contributed by atoms with Gasteiger partial charge in [-0.15, -0.1) is 0 Å². The third-order valence-corrected chi connectivity index (χ3v) is 1.62. The van der Waals surface area contributed by atoms with E-state index in [1.165, 1.54) is 19.2 Å². The van der Waals surface area contributed by atoms with E-state index in [1.54, 1.807) is 0 Å². The van der Waals surface area contributed by atoms with E-state index in [0.717, 1.165) is 0 Å². The zero-order valence-corrected chi connectivity index (χ0v) is 7.49. The Bertz CT molecular complexity index is 365. The van der Waals surface area contributed by atoms with Gasteiger partial charge in [0.1, 0.15) is 6.29 Å². The maximum absolute atomic E-state index is 13.1. The summed E-state index contributed by atoms with van der Waals surface area (Å²) in [5.74, 6) is -1.53. The molecule has 1 rings (SSSR count). The van der Waals surface area contributed by atoms with Crippen LogP contribution in [0.2, 0.25) is 0 Å². The van der Waals surface area contributed by atoms with Crippen LogP contribution in [0.25, 0.3) is 0 Å². The minimum absolute atomic E-state index is 0.0553. The quantitative estimate of drug-likeness (QED) is 0.407. The fraction of sp³-hybridized carbons (Fsp3) is 0.222. The van der Waals surface area contributed by atoms with Gasteiger partial charge in [-0.3, -0.25) is 0 Å². The van der Waals surface area contributed by atoms with Crippen LogP contribution in [0.4, 0.5) is 4.39 Å². The van der Waals surface area contributed by atoms with Crippen LogP contribution in [-0.4, -0.2) is 24.3 Å². The van der Waals surface area contributed by atoms with Crippen LogP contribution in [0.3, 0.4) is 0 Å². The highest BCUT2D eigenvalue weighted by molar-refractivity contribution is 5.87.